The number of nitrogens with zero attached hydrogens (tertiary/aromatic N) is 3. The Hall–Kier alpha value is -3.16. The van der Waals surface area contributed by atoms with Gasteiger partial charge in [-0.05, 0) is 18.2 Å². The molecule has 0 atom stereocenters. The van der Waals surface area contributed by atoms with Gasteiger partial charge in [0.25, 0.3) is 5.91 Å². The fourth-order valence-corrected chi connectivity index (χ4v) is 2.87. The Kier molecular flexibility index (Phi) is 5.31. The SMILES string of the molecule is O=C(COc1ccccc1[N+](=O)[O-])N1CCN(c2ccccc2F)CC1. The first-order valence-corrected chi connectivity index (χ1v) is 8.20. The average molecular weight is 359 g/mol. The Morgan fingerprint density at radius 1 is 1.08 bits per heavy atom. The third-order valence-corrected chi connectivity index (χ3v) is 4.24. The van der Waals surface area contributed by atoms with Gasteiger partial charge in [0.1, 0.15) is 5.82 Å². The van der Waals surface area contributed by atoms with Gasteiger partial charge < -0.3 is 14.5 Å². The first-order valence-electron chi connectivity index (χ1n) is 8.20. The number of halogens is 1. The summed E-state index contributed by atoms with van der Waals surface area (Å²) in [5.41, 5.74) is 0.348. The third-order valence-electron chi connectivity index (χ3n) is 4.24. The van der Waals surface area contributed by atoms with E-state index in [0.717, 1.165) is 0 Å². The van der Waals surface area contributed by atoms with Crippen LogP contribution in [0.3, 0.4) is 0 Å². The zero-order chi connectivity index (χ0) is 18.5. The second-order valence-electron chi connectivity index (χ2n) is 5.83. The standard InChI is InChI=1S/C18H18FN3O4/c19-14-5-1-2-6-15(14)20-9-11-21(12-10-20)18(23)13-26-17-8-4-3-7-16(17)22(24)25/h1-8H,9-13H2. The number of carbonyl (C=O) groups is 1. The quantitative estimate of drug-likeness (QED) is 0.605. The lowest BCUT2D eigenvalue weighted by Crippen LogP contribution is -2.50. The van der Waals surface area contributed by atoms with E-state index < -0.39 is 4.92 Å². The molecule has 26 heavy (non-hydrogen) atoms. The van der Waals surface area contributed by atoms with Gasteiger partial charge in [-0.1, -0.05) is 24.3 Å². The number of benzene rings is 2. The van der Waals surface area contributed by atoms with Crippen LogP contribution in [0, 0.1) is 15.9 Å². The molecule has 0 N–H and O–H groups in total. The number of nitro groups is 1. The monoisotopic (exact) mass is 359 g/mol. The molecule has 1 fully saturated rings. The van der Waals surface area contributed by atoms with Crippen LogP contribution in [0.15, 0.2) is 48.5 Å². The van der Waals surface area contributed by atoms with E-state index in [1.807, 2.05) is 4.90 Å². The molecule has 1 heterocycles. The number of amides is 1. The summed E-state index contributed by atoms with van der Waals surface area (Å²) in [5, 5.41) is 11.0. The lowest BCUT2D eigenvalue weighted by molar-refractivity contribution is -0.385. The molecular weight excluding hydrogens is 341 g/mol. The number of piperazine rings is 1. The van der Waals surface area contributed by atoms with Crippen LogP contribution in [0.4, 0.5) is 15.8 Å². The molecule has 0 saturated carbocycles. The molecule has 1 saturated heterocycles. The van der Waals surface area contributed by atoms with Crippen molar-refractivity contribution in [1.82, 2.24) is 4.90 Å². The molecule has 2 aromatic rings. The smallest absolute Gasteiger partial charge is 0.310 e. The number of hydrogen-bond acceptors (Lipinski definition) is 5. The molecule has 0 spiro atoms. The van der Waals surface area contributed by atoms with Crippen molar-refractivity contribution < 1.29 is 18.8 Å². The van der Waals surface area contributed by atoms with E-state index in [0.29, 0.717) is 31.9 Å². The van der Waals surface area contributed by atoms with E-state index in [2.05, 4.69) is 0 Å². The highest BCUT2D eigenvalue weighted by molar-refractivity contribution is 5.78. The highest BCUT2D eigenvalue weighted by atomic mass is 19.1. The third kappa shape index (κ3) is 3.90. The molecule has 3 rings (SSSR count). The molecular formula is C18H18FN3O4. The van der Waals surface area contributed by atoms with Crippen molar-refractivity contribution in [2.75, 3.05) is 37.7 Å². The number of hydrogen-bond donors (Lipinski definition) is 0. The highest BCUT2D eigenvalue weighted by Crippen LogP contribution is 2.26. The predicted molar refractivity (Wildman–Crippen MR) is 93.8 cm³/mol. The number of carbonyl (C=O) groups excluding carboxylic acids is 1. The fourth-order valence-electron chi connectivity index (χ4n) is 2.87. The van der Waals surface area contributed by atoms with Crippen LogP contribution in [0.5, 0.6) is 5.75 Å². The second-order valence-corrected chi connectivity index (χ2v) is 5.83. The number of para-hydroxylation sites is 3. The summed E-state index contributed by atoms with van der Waals surface area (Å²) >= 11 is 0. The lowest BCUT2D eigenvalue weighted by atomic mass is 10.2. The Balaban J connectivity index is 1.55. The first-order chi connectivity index (χ1) is 12.6. The predicted octanol–water partition coefficient (Wildman–Crippen LogP) is 2.46. The Bertz CT molecular complexity index is 807. The topological polar surface area (TPSA) is 75.9 Å². The molecule has 136 valence electrons. The Morgan fingerprint density at radius 2 is 1.73 bits per heavy atom. The second kappa shape index (κ2) is 7.81. The van der Waals surface area contributed by atoms with Crippen LogP contribution in [0.25, 0.3) is 0 Å². The van der Waals surface area contributed by atoms with Crippen molar-refractivity contribution in [3.05, 3.63) is 64.5 Å². The summed E-state index contributed by atoms with van der Waals surface area (Å²) in [7, 11) is 0. The van der Waals surface area contributed by atoms with Crippen molar-refractivity contribution in [2.24, 2.45) is 0 Å². The van der Waals surface area contributed by atoms with Crippen LogP contribution >= 0.6 is 0 Å². The van der Waals surface area contributed by atoms with Crippen LogP contribution in [0.2, 0.25) is 0 Å². The van der Waals surface area contributed by atoms with Gasteiger partial charge in [-0.15, -0.1) is 0 Å². The molecule has 1 aliphatic rings. The maximum absolute atomic E-state index is 13.8. The highest BCUT2D eigenvalue weighted by Gasteiger charge is 2.23. The maximum atomic E-state index is 13.8. The molecule has 8 heteroatoms. The van der Waals surface area contributed by atoms with Crippen molar-refractivity contribution in [3.63, 3.8) is 0 Å². The molecule has 2 aromatic carbocycles. The molecule has 0 aromatic heterocycles. The average Bonchev–Trinajstić information content (AvgIpc) is 2.67. The zero-order valence-electron chi connectivity index (χ0n) is 14.0. The summed E-state index contributed by atoms with van der Waals surface area (Å²) in [6.07, 6.45) is 0. The van der Waals surface area contributed by atoms with E-state index in [9.17, 15) is 19.3 Å². The molecule has 0 bridgehead atoms. The van der Waals surface area contributed by atoms with Crippen molar-refractivity contribution in [2.45, 2.75) is 0 Å². The van der Waals surface area contributed by atoms with Gasteiger partial charge in [-0.25, -0.2) is 4.39 Å². The molecule has 0 unspecified atom stereocenters. The van der Waals surface area contributed by atoms with Gasteiger partial charge in [-0.2, -0.15) is 0 Å². The minimum Gasteiger partial charge on any atom is -0.477 e. The van der Waals surface area contributed by atoms with E-state index in [1.54, 1.807) is 29.2 Å². The number of ether oxygens (including phenoxy) is 1. The summed E-state index contributed by atoms with van der Waals surface area (Å²) in [5.74, 6) is -0.473. The van der Waals surface area contributed by atoms with Crippen molar-refractivity contribution in [3.8, 4) is 5.75 Å². The molecule has 0 aliphatic carbocycles. The largest absolute Gasteiger partial charge is 0.477 e. The van der Waals surface area contributed by atoms with Gasteiger partial charge in [0.15, 0.2) is 12.4 Å². The van der Waals surface area contributed by atoms with Gasteiger partial charge >= 0.3 is 5.69 Å². The summed E-state index contributed by atoms with van der Waals surface area (Å²) in [6, 6.07) is 12.5. The van der Waals surface area contributed by atoms with Crippen LogP contribution in [-0.2, 0) is 4.79 Å². The number of rotatable bonds is 5. The minimum absolute atomic E-state index is 0.0656. The van der Waals surface area contributed by atoms with Crippen molar-refractivity contribution in [1.29, 1.82) is 0 Å². The molecule has 7 nitrogen and oxygen atoms in total. The van der Waals surface area contributed by atoms with Crippen LogP contribution in [-0.4, -0.2) is 48.5 Å². The van der Waals surface area contributed by atoms with Crippen molar-refractivity contribution >= 4 is 17.3 Å². The van der Waals surface area contributed by atoms with Gasteiger partial charge in [-0.3, -0.25) is 14.9 Å². The Morgan fingerprint density at radius 3 is 2.42 bits per heavy atom. The maximum Gasteiger partial charge on any atom is 0.310 e. The van der Waals surface area contributed by atoms with E-state index in [4.69, 9.17) is 4.74 Å². The van der Waals surface area contributed by atoms with E-state index in [-0.39, 0.29) is 29.8 Å². The Labute approximate surface area is 149 Å². The van der Waals surface area contributed by atoms with Gasteiger partial charge in [0, 0.05) is 32.2 Å². The van der Waals surface area contributed by atoms with Gasteiger partial charge in [0.05, 0.1) is 10.6 Å². The molecule has 0 radical (unpaired) electrons. The summed E-state index contributed by atoms with van der Waals surface area (Å²) in [4.78, 5) is 26.2. The molecule has 1 aliphatic heterocycles. The summed E-state index contributed by atoms with van der Waals surface area (Å²) in [6.45, 7) is 1.63. The number of nitro benzene ring substituents is 1. The number of anilines is 1. The van der Waals surface area contributed by atoms with Crippen LogP contribution < -0.4 is 9.64 Å². The lowest BCUT2D eigenvalue weighted by Gasteiger charge is -2.36. The van der Waals surface area contributed by atoms with E-state index in [1.165, 1.54) is 24.3 Å². The minimum atomic E-state index is -0.549. The molecule has 1 amide bonds. The van der Waals surface area contributed by atoms with Gasteiger partial charge in [0.2, 0.25) is 0 Å². The first kappa shape index (κ1) is 17.7. The van der Waals surface area contributed by atoms with Crippen LogP contribution in [0.1, 0.15) is 0 Å². The van der Waals surface area contributed by atoms with E-state index >= 15 is 0 Å². The normalized spacial score (nSPS) is 14.2. The fraction of sp³-hybridized carbons (Fsp3) is 0.278. The zero-order valence-corrected chi connectivity index (χ0v) is 14.0. The summed E-state index contributed by atoms with van der Waals surface area (Å²) < 4.78 is 19.2.